The molecule has 6 nitrogen and oxygen atoms in total. The van der Waals surface area contributed by atoms with Crippen molar-refractivity contribution in [1.82, 2.24) is 5.32 Å². The highest BCUT2D eigenvalue weighted by molar-refractivity contribution is 5.77. The van der Waals surface area contributed by atoms with Gasteiger partial charge < -0.3 is 20.3 Å². The third kappa shape index (κ3) is 42.3. The zero-order valence-electron chi connectivity index (χ0n) is 39.1. The lowest BCUT2D eigenvalue weighted by molar-refractivity contribution is -0.151. The van der Waals surface area contributed by atoms with Gasteiger partial charge in [-0.25, -0.2) is 0 Å². The van der Waals surface area contributed by atoms with Crippen LogP contribution in [-0.4, -0.2) is 46.9 Å². The number of hydrogen-bond donors (Lipinski definition) is 3. The Morgan fingerprint density at radius 3 is 1.42 bits per heavy atom. The average Bonchev–Trinajstić information content (AvgIpc) is 3.23. The van der Waals surface area contributed by atoms with Crippen LogP contribution in [0, 0.1) is 0 Å². The molecule has 0 spiro atoms. The fraction of sp³-hybridized carbons (Fsp3) is 0.811. The zero-order valence-corrected chi connectivity index (χ0v) is 39.1. The minimum absolute atomic E-state index is 0.0512. The number of allylic oxidation sites excluding steroid dienone is 8. The van der Waals surface area contributed by atoms with Crippen LogP contribution in [0.15, 0.2) is 48.6 Å². The van der Waals surface area contributed by atoms with E-state index in [1.165, 1.54) is 128 Å². The van der Waals surface area contributed by atoms with Gasteiger partial charge in [0.25, 0.3) is 0 Å². The standard InChI is InChI=1S/C53H97NO5/c1-4-7-10-13-16-19-21-23-24-25-26-27-28-29-31-34-37-40-43-46-53(58)59-49(44-41-38-35-33-30-22-20-17-14-11-8-5-2)47-52(57)54-50(48-55)51(56)45-42-39-36-32-18-15-12-9-6-3/h8,11,17,20,23-24,30,33,49-51,55-56H,4-7,9-10,12-16,18-19,21-22,25-29,31-32,34-48H2,1-3H3,(H,54,57)/b11-8+,20-17+,24-23+,33-30+. The first-order valence-corrected chi connectivity index (χ1v) is 25.4. The van der Waals surface area contributed by atoms with Crippen molar-refractivity contribution in [2.24, 2.45) is 0 Å². The Morgan fingerprint density at radius 1 is 0.508 bits per heavy atom. The molecule has 1 amide bonds. The van der Waals surface area contributed by atoms with Crippen molar-refractivity contribution >= 4 is 11.9 Å². The largest absolute Gasteiger partial charge is 0.462 e. The van der Waals surface area contributed by atoms with Crippen LogP contribution in [0.5, 0.6) is 0 Å². The van der Waals surface area contributed by atoms with E-state index in [-0.39, 0.29) is 24.9 Å². The van der Waals surface area contributed by atoms with E-state index >= 15 is 0 Å². The molecule has 0 aliphatic rings. The molecule has 6 heteroatoms. The molecule has 0 radical (unpaired) electrons. The number of aliphatic hydroxyl groups is 2. The molecule has 0 aromatic carbocycles. The molecule has 0 saturated heterocycles. The minimum atomic E-state index is -0.796. The number of carbonyl (C=O) groups is 2. The number of amides is 1. The lowest BCUT2D eigenvalue weighted by Crippen LogP contribution is -2.46. The first-order valence-electron chi connectivity index (χ1n) is 25.4. The van der Waals surface area contributed by atoms with Crippen molar-refractivity contribution in [2.75, 3.05) is 6.61 Å². The molecule has 59 heavy (non-hydrogen) atoms. The summed E-state index contributed by atoms with van der Waals surface area (Å²) in [6.45, 7) is 6.34. The predicted octanol–water partition coefficient (Wildman–Crippen LogP) is 15.1. The normalized spacial score (nSPS) is 13.6. The maximum Gasteiger partial charge on any atom is 0.306 e. The molecule has 0 rings (SSSR count). The van der Waals surface area contributed by atoms with Crippen LogP contribution < -0.4 is 5.32 Å². The third-order valence-corrected chi connectivity index (χ3v) is 11.4. The van der Waals surface area contributed by atoms with Crippen molar-refractivity contribution < 1.29 is 24.5 Å². The van der Waals surface area contributed by atoms with Crippen molar-refractivity contribution in [3.05, 3.63) is 48.6 Å². The molecule has 3 atom stereocenters. The lowest BCUT2D eigenvalue weighted by Gasteiger charge is -2.24. The maximum atomic E-state index is 13.1. The quantitative estimate of drug-likeness (QED) is 0.0323. The van der Waals surface area contributed by atoms with Gasteiger partial charge in [0.15, 0.2) is 0 Å². The fourth-order valence-electron chi connectivity index (χ4n) is 7.56. The Kier molecular flexibility index (Phi) is 45.1. The van der Waals surface area contributed by atoms with Crippen LogP contribution in [-0.2, 0) is 14.3 Å². The second-order valence-electron chi connectivity index (χ2n) is 17.2. The molecule has 0 aromatic rings. The zero-order chi connectivity index (χ0) is 43.1. The molecule has 0 aliphatic carbocycles. The summed E-state index contributed by atoms with van der Waals surface area (Å²) in [6.07, 6.45) is 56.1. The molecule has 3 N–H and O–H groups in total. The van der Waals surface area contributed by atoms with Gasteiger partial charge in [0.05, 0.1) is 25.2 Å². The molecule has 0 bridgehead atoms. The third-order valence-electron chi connectivity index (χ3n) is 11.4. The van der Waals surface area contributed by atoms with Gasteiger partial charge in [-0.3, -0.25) is 9.59 Å². The summed E-state index contributed by atoms with van der Waals surface area (Å²) in [6, 6.07) is -0.712. The first-order chi connectivity index (χ1) is 29.0. The number of ether oxygens (including phenoxy) is 1. The van der Waals surface area contributed by atoms with E-state index in [9.17, 15) is 19.8 Å². The van der Waals surface area contributed by atoms with E-state index in [0.717, 1.165) is 77.0 Å². The molecule has 0 saturated carbocycles. The van der Waals surface area contributed by atoms with Gasteiger partial charge in [0.2, 0.25) is 5.91 Å². The van der Waals surface area contributed by atoms with Crippen LogP contribution in [0.3, 0.4) is 0 Å². The summed E-state index contributed by atoms with van der Waals surface area (Å²) in [5, 5.41) is 23.6. The highest BCUT2D eigenvalue weighted by Gasteiger charge is 2.24. The van der Waals surface area contributed by atoms with Gasteiger partial charge >= 0.3 is 5.97 Å². The molecular weight excluding hydrogens is 731 g/mol. The number of aliphatic hydroxyl groups excluding tert-OH is 2. The molecule has 0 heterocycles. The number of unbranched alkanes of at least 4 members (excludes halogenated alkanes) is 25. The SMILES string of the molecule is CC/C=C/C/C=C/C/C=C/CCCCC(CC(=O)NC(CO)C(O)CCCCCCCCCCC)OC(=O)CCCCCCCCCCC/C=C/CCCCCCCC. The molecule has 3 unspecified atom stereocenters. The molecular formula is C53H97NO5. The van der Waals surface area contributed by atoms with Crippen molar-refractivity contribution in [3.63, 3.8) is 0 Å². The van der Waals surface area contributed by atoms with Crippen LogP contribution in [0.4, 0.5) is 0 Å². The number of nitrogens with one attached hydrogen (secondary N) is 1. The smallest absolute Gasteiger partial charge is 0.306 e. The highest BCUT2D eigenvalue weighted by atomic mass is 16.5. The Labute approximate surface area is 366 Å². The summed E-state index contributed by atoms with van der Waals surface area (Å²) < 4.78 is 5.90. The Bertz CT molecular complexity index is 1020. The number of esters is 1. The van der Waals surface area contributed by atoms with Gasteiger partial charge in [-0.2, -0.15) is 0 Å². The van der Waals surface area contributed by atoms with Gasteiger partial charge in [0, 0.05) is 6.42 Å². The van der Waals surface area contributed by atoms with Gasteiger partial charge in [-0.15, -0.1) is 0 Å². The Hall–Kier alpha value is -2.18. The minimum Gasteiger partial charge on any atom is -0.462 e. The topological polar surface area (TPSA) is 95.9 Å². The monoisotopic (exact) mass is 828 g/mol. The van der Waals surface area contributed by atoms with Crippen molar-refractivity contribution in [3.8, 4) is 0 Å². The summed E-state index contributed by atoms with van der Waals surface area (Å²) in [5.41, 5.74) is 0. The van der Waals surface area contributed by atoms with E-state index in [2.05, 4.69) is 74.7 Å². The molecule has 344 valence electrons. The summed E-state index contributed by atoms with van der Waals surface area (Å²) in [7, 11) is 0. The van der Waals surface area contributed by atoms with E-state index < -0.39 is 18.2 Å². The van der Waals surface area contributed by atoms with Crippen molar-refractivity contribution in [2.45, 2.75) is 270 Å². The second-order valence-corrected chi connectivity index (χ2v) is 17.2. The maximum absolute atomic E-state index is 13.1. The van der Waals surface area contributed by atoms with Crippen molar-refractivity contribution in [1.29, 1.82) is 0 Å². The number of hydrogen-bond acceptors (Lipinski definition) is 5. The van der Waals surface area contributed by atoms with E-state index in [1.54, 1.807) is 0 Å². The van der Waals surface area contributed by atoms with Crippen LogP contribution >= 0.6 is 0 Å². The van der Waals surface area contributed by atoms with Gasteiger partial charge in [-0.1, -0.05) is 204 Å². The molecule has 0 fully saturated rings. The molecule has 0 aliphatic heterocycles. The Morgan fingerprint density at radius 2 is 0.915 bits per heavy atom. The van der Waals surface area contributed by atoms with E-state index in [4.69, 9.17) is 4.74 Å². The van der Waals surface area contributed by atoms with E-state index in [1.807, 2.05) is 0 Å². The highest BCUT2D eigenvalue weighted by Crippen LogP contribution is 2.17. The number of rotatable bonds is 45. The van der Waals surface area contributed by atoms with Crippen LogP contribution in [0.2, 0.25) is 0 Å². The predicted molar refractivity (Wildman–Crippen MR) is 255 cm³/mol. The average molecular weight is 828 g/mol. The Balaban J connectivity index is 4.52. The number of carbonyl (C=O) groups excluding carboxylic acids is 2. The fourth-order valence-corrected chi connectivity index (χ4v) is 7.56. The lowest BCUT2D eigenvalue weighted by atomic mass is 10.0. The van der Waals surface area contributed by atoms with Crippen LogP contribution in [0.1, 0.15) is 252 Å². The van der Waals surface area contributed by atoms with Gasteiger partial charge in [0.1, 0.15) is 6.10 Å². The second kappa shape index (κ2) is 46.9. The van der Waals surface area contributed by atoms with E-state index in [0.29, 0.717) is 19.3 Å². The molecule has 0 aromatic heterocycles. The summed E-state index contributed by atoms with van der Waals surface area (Å²) >= 11 is 0. The van der Waals surface area contributed by atoms with Gasteiger partial charge in [-0.05, 0) is 83.5 Å². The first kappa shape index (κ1) is 56.8. The summed E-state index contributed by atoms with van der Waals surface area (Å²) in [4.78, 5) is 26.1. The van der Waals surface area contributed by atoms with Crippen LogP contribution in [0.25, 0.3) is 0 Å². The summed E-state index contributed by atoms with van der Waals surface area (Å²) in [5.74, 6) is -0.512.